The number of hydrogen-bond acceptors (Lipinski definition) is 6. The topological polar surface area (TPSA) is 99.4 Å². The number of aliphatic imine (C=N–C) groups is 1. The van der Waals surface area contributed by atoms with Gasteiger partial charge in [-0.3, -0.25) is 14.5 Å². The standard InChI is InChI=1S/C20H18N2O5S/c1-22-19(26)17(28-20(22)21-14-3-2-4-15(23)12-14)11-13-5-7-16(8-6-13)27-10-9-18(24)25/h2-8,11-12,23H,9-10H2,1H3,(H,24,25)/b17-11-,21-20?. The molecule has 1 heterocycles. The van der Waals surface area contributed by atoms with Crippen LogP contribution in [0.4, 0.5) is 5.69 Å². The second-order valence-corrected chi connectivity index (χ2v) is 6.96. The molecule has 0 aromatic heterocycles. The van der Waals surface area contributed by atoms with E-state index in [1.807, 2.05) is 0 Å². The summed E-state index contributed by atoms with van der Waals surface area (Å²) < 4.78 is 5.35. The zero-order valence-corrected chi connectivity index (χ0v) is 15.8. The molecule has 7 nitrogen and oxygen atoms in total. The predicted molar refractivity (Wildman–Crippen MR) is 108 cm³/mol. The molecule has 1 aliphatic rings. The summed E-state index contributed by atoms with van der Waals surface area (Å²) in [6.45, 7) is 0.101. The molecule has 8 heteroatoms. The van der Waals surface area contributed by atoms with Crippen molar-refractivity contribution >= 4 is 40.6 Å². The summed E-state index contributed by atoms with van der Waals surface area (Å²) in [5.74, 6) is -0.395. The summed E-state index contributed by atoms with van der Waals surface area (Å²) in [7, 11) is 1.65. The Hall–Kier alpha value is -3.26. The molecule has 3 rings (SSSR count). The molecule has 0 unspecified atom stereocenters. The van der Waals surface area contributed by atoms with Crippen LogP contribution in [-0.4, -0.2) is 45.8 Å². The molecular weight excluding hydrogens is 380 g/mol. The number of carbonyl (C=O) groups excluding carboxylic acids is 1. The highest BCUT2D eigenvalue weighted by Crippen LogP contribution is 2.33. The number of nitrogens with zero attached hydrogens (tertiary/aromatic N) is 2. The smallest absolute Gasteiger partial charge is 0.306 e. The number of phenols is 1. The van der Waals surface area contributed by atoms with Crippen molar-refractivity contribution in [1.29, 1.82) is 0 Å². The van der Waals surface area contributed by atoms with E-state index in [2.05, 4.69) is 4.99 Å². The SMILES string of the molecule is CN1C(=O)/C(=C/c2ccc(OCCC(=O)O)cc2)SC1=Nc1cccc(O)c1. The molecule has 1 fully saturated rings. The quantitative estimate of drug-likeness (QED) is 0.723. The van der Waals surface area contributed by atoms with Crippen molar-refractivity contribution in [3.63, 3.8) is 0 Å². The van der Waals surface area contributed by atoms with E-state index in [4.69, 9.17) is 9.84 Å². The van der Waals surface area contributed by atoms with Crippen molar-refractivity contribution in [2.24, 2.45) is 4.99 Å². The maximum atomic E-state index is 12.5. The fraction of sp³-hybridized carbons (Fsp3) is 0.150. The van der Waals surface area contributed by atoms with Crippen molar-refractivity contribution in [3.8, 4) is 11.5 Å². The van der Waals surface area contributed by atoms with Crippen LogP contribution in [0.2, 0.25) is 0 Å². The molecule has 0 spiro atoms. The van der Waals surface area contributed by atoms with Crippen molar-refractivity contribution in [3.05, 3.63) is 59.0 Å². The zero-order chi connectivity index (χ0) is 20.1. The van der Waals surface area contributed by atoms with Gasteiger partial charge in [0.25, 0.3) is 5.91 Å². The van der Waals surface area contributed by atoms with E-state index in [1.54, 1.807) is 55.6 Å². The Balaban J connectivity index is 1.72. The average molecular weight is 398 g/mol. The van der Waals surface area contributed by atoms with Gasteiger partial charge in [0.2, 0.25) is 0 Å². The number of rotatable bonds is 6. The summed E-state index contributed by atoms with van der Waals surface area (Å²) in [5.41, 5.74) is 1.37. The van der Waals surface area contributed by atoms with Gasteiger partial charge in [0, 0.05) is 13.1 Å². The number of carboxylic acid groups (broad SMARTS) is 1. The van der Waals surface area contributed by atoms with Gasteiger partial charge < -0.3 is 14.9 Å². The number of aromatic hydroxyl groups is 1. The fourth-order valence-electron chi connectivity index (χ4n) is 2.39. The molecule has 2 N–H and O–H groups in total. The van der Waals surface area contributed by atoms with E-state index < -0.39 is 5.97 Å². The molecule has 0 radical (unpaired) electrons. The fourth-order valence-corrected chi connectivity index (χ4v) is 3.38. The molecular formula is C20H18N2O5S. The molecule has 0 atom stereocenters. The van der Waals surface area contributed by atoms with Gasteiger partial charge in [-0.2, -0.15) is 0 Å². The summed E-state index contributed by atoms with van der Waals surface area (Å²) in [6, 6.07) is 13.6. The van der Waals surface area contributed by atoms with Crippen LogP contribution in [-0.2, 0) is 9.59 Å². The van der Waals surface area contributed by atoms with E-state index in [9.17, 15) is 14.7 Å². The van der Waals surface area contributed by atoms with Crippen LogP contribution in [0.1, 0.15) is 12.0 Å². The van der Waals surface area contributed by atoms with Crippen molar-refractivity contribution < 1.29 is 24.5 Å². The number of thioether (sulfide) groups is 1. The lowest BCUT2D eigenvalue weighted by atomic mass is 10.2. The lowest BCUT2D eigenvalue weighted by Gasteiger charge is -2.07. The highest BCUT2D eigenvalue weighted by atomic mass is 32.2. The number of benzene rings is 2. The summed E-state index contributed by atoms with van der Waals surface area (Å²) in [5, 5.41) is 18.7. The van der Waals surface area contributed by atoms with Crippen LogP contribution in [0.25, 0.3) is 6.08 Å². The Labute approximate surface area is 166 Å². The molecule has 0 bridgehead atoms. The number of hydrogen-bond donors (Lipinski definition) is 2. The number of ether oxygens (including phenoxy) is 1. The Morgan fingerprint density at radius 1 is 1.25 bits per heavy atom. The number of carbonyl (C=O) groups is 2. The Bertz CT molecular complexity index is 953. The minimum Gasteiger partial charge on any atom is -0.508 e. The van der Waals surface area contributed by atoms with Crippen LogP contribution in [0.15, 0.2) is 58.4 Å². The molecule has 1 aliphatic heterocycles. The van der Waals surface area contributed by atoms with Gasteiger partial charge in [-0.05, 0) is 47.7 Å². The van der Waals surface area contributed by atoms with E-state index in [-0.39, 0.29) is 24.7 Å². The van der Waals surface area contributed by atoms with E-state index in [1.165, 1.54) is 22.7 Å². The van der Waals surface area contributed by atoms with Crippen LogP contribution in [0, 0.1) is 0 Å². The maximum absolute atomic E-state index is 12.5. The lowest BCUT2D eigenvalue weighted by Crippen LogP contribution is -2.23. The maximum Gasteiger partial charge on any atom is 0.306 e. The van der Waals surface area contributed by atoms with Gasteiger partial charge in [-0.25, -0.2) is 4.99 Å². The lowest BCUT2D eigenvalue weighted by molar-refractivity contribution is -0.137. The van der Waals surface area contributed by atoms with E-state index in [0.29, 0.717) is 21.5 Å². The van der Waals surface area contributed by atoms with Crippen molar-refractivity contribution in [2.45, 2.75) is 6.42 Å². The van der Waals surface area contributed by atoms with Gasteiger partial charge in [0.05, 0.1) is 23.6 Å². The first-order chi connectivity index (χ1) is 13.4. The van der Waals surface area contributed by atoms with Crippen molar-refractivity contribution in [2.75, 3.05) is 13.7 Å². The molecule has 0 saturated carbocycles. The third-order valence-electron chi connectivity index (χ3n) is 3.82. The Morgan fingerprint density at radius 3 is 2.68 bits per heavy atom. The molecule has 144 valence electrons. The molecule has 1 saturated heterocycles. The molecule has 1 amide bonds. The molecule has 2 aromatic rings. The predicted octanol–water partition coefficient (Wildman–Crippen LogP) is 3.48. The first-order valence-electron chi connectivity index (χ1n) is 8.42. The summed E-state index contributed by atoms with van der Waals surface area (Å²) in [6.07, 6.45) is 1.69. The van der Waals surface area contributed by atoms with Gasteiger partial charge in [0.15, 0.2) is 5.17 Å². The van der Waals surface area contributed by atoms with Crippen LogP contribution >= 0.6 is 11.8 Å². The first-order valence-corrected chi connectivity index (χ1v) is 9.24. The van der Waals surface area contributed by atoms with Crippen molar-refractivity contribution in [1.82, 2.24) is 4.90 Å². The number of amides is 1. The highest BCUT2D eigenvalue weighted by molar-refractivity contribution is 8.18. The highest BCUT2D eigenvalue weighted by Gasteiger charge is 2.30. The zero-order valence-electron chi connectivity index (χ0n) is 15.0. The van der Waals surface area contributed by atoms with Gasteiger partial charge in [0.1, 0.15) is 11.5 Å². The molecule has 2 aromatic carbocycles. The first kappa shape index (κ1) is 19.5. The Kier molecular flexibility index (Phi) is 6.00. The number of amidine groups is 1. The number of phenolic OH excluding ortho intramolecular Hbond substituents is 1. The van der Waals surface area contributed by atoms with Gasteiger partial charge in [-0.1, -0.05) is 18.2 Å². The number of carboxylic acids is 1. The second kappa shape index (κ2) is 8.62. The Morgan fingerprint density at radius 2 is 2.00 bits per heavy atom. The third-order valence-corrected chi connectivity index (χ3v) is 4.88. The molecule has 0 aliphatic carbocycles. The number of aliphatic carboxylic acids is 1. The second-order valence-electron chi connectivity index (χ2n) is 5.95. The van der Waals surface area contributed by atoms with Crippen LogP contribution in [0.3, 0.4) is 0 Å². The minimum absolute atomic E-state index is 0.0649. The number of likely N-dealkylation sites (N-methyl/N-ethyl adjacent to an activating group) is 1. The van der Waals surface area contributed by atoms with Crippen LogP contribution in [0.5, 0.6) is 11.5 Å². The monoisotopic (exact) mass is 398 g/mol. The van der Waals surface area contributed by atoms with E-state index in [0.717, 1.165) is 5.56 Å². The van der Waals surface area contributed by atoms with E-state index >= 15 is 0 Å². The summed E-state index contributed by atoms with van der Waals surface area (Å²) in [4.78, 5) is 29.4. The normalized spacial score (nSPS) is 16.8. The van der Waals surface area contributed by atoms with Gasteiger partial charge in [-0.15, -0.1) is 0 Å². The van der Waals surface area contributed by atoms with Gasteiger partial charge >= 0.3 is 5.97 Å². The minimum atomic E-state index is -0.912. The average Bonchev–Trinajstić information content (AvgIpc) is 2.91. The largest absolute Gasteiger partial charge is 0.508 e. The summed E-state index contributed by atoms with van der Waals surface area (Å²) >= 11 is 1.25. The third kappa shape index (κ3) is 4.92. The molecule has 28 heavy (non-hydrogen) atoms. The van der Waals surface area contributed by atoms with Crippen LogP contribution < -0.4 is 4.74 Å².